The summed E-state index contributed by atoms with van der Waals surface area (Å²) >= 11 is 0. The van der Waals surface area contributed by atoms with Crippen LogP contribution in [0.15, 0.2) is 12.1 Å². The maximum Gasteiger partial charge on any atom is 0.257 e. The molecule has 0 fully saturated rings. The number of nitrogens with one attached hydrogen (secondary N) is 1. The molecule has 1 N–H and O–H groups in total. The second kappa shape index (κ2) is 6.43. The van der Waals surface area contributed by atoms with Gasteiger partial charge in [-0.3, -0.25) is 9.59 Å². The molecule has 0 bridgehead atoms. The van der Waals surface area contributed by atoms with Gasteiger partial charge in [-0.05, 0) is 6.07 Å². The Morgan fingerprint density at radius 1 is 1.45 bits per heavy atom. The third kappa shape index (κ3) is 3.17. The molecule has 7 nitrogen and oxygen atoms in total. The zero-order valence-electron chi connectivity index (χ0n) is 10.5. The normalized spacial score (nSPS) is 11.6. The molecule has 0 aliphatic carbocycles. The summed E-state index contributed by atoms with van der Waals surface area (Å²) in [7, 11) is 0. The zero-order valence-corrected chi connectivity index (χ0v) is 10.5. The van der Waals surface area contributed by atoms with Gasteiger partial charge in [0.1, 0.15) is 5.75 Å². The molecular formula is C13H12N2O5. The smallest absolute Gasteiger partial charge is 0.257 e. The summed E-state index contributed by atoms with van der Waals surface area (Å²) in [5.41, 5.74) is 0.277. The lowest BCUT2D eigenvalue weighted by Gasteiger charge is -2.09. The van der Waals surface area contributed by atoms with Gasteiger partial charge < -0.3 is 19.5 Å². The summed E-state index contributed by atoms with van der Waals surface area (Å²) in [5.74, 6) is 0.822. The standard InChI is InChI=1S/C13H12N2O5/c14-2-1-3-15-13(17)7-18-10-5-12-11(19-8-20-12)4-9(10)6-16/h4-6H,1,3,7-8H2,(H,15,17). The largest absolute Gasteiger partial charge is 0.483 e. The Kier molecular flexibility index (Phi) is 4.39. The molecule has 1 amide bonds. The number of ether oxygens (including phenoxy) is 3. The molecule has 0 aromatic heterocycles. The highest BCUT2D eigenvalue weighted by Gasteiger charge is 2.18. The van der Waals surface area contributed by atoms with E-state index in [2.05, 4.69) is 5.32 Å². The highest BCUT2D eigenvalue weighted by molar-refractivity contribution is 5.82. The molecule has 0 radical (unpaired) electrons. The van der Waals surface area contributed by atoms with Crippen molar-refractivity contribution >= 4 is 12.2 Å². The summed E-state index contributed by atoms with van der Waals surface area (Å²) in [6.45, 7) is 0.109. The van der Waals surface area contributed by atoms with E-state index >= 15 is 0 Å². The maximum absolute atomic E-state index is 11.4. The first-order valence-electron chi connectivity index (χ1n) is 5.90. The second-order valence-electron chi connectivity index (χ2n) is 3.91. The van der Waals surface area contributed by atoms with E-state index in [9.17, 15) is 9.59 Å². The summed E-state index contributed by atoms with van der Waals surface area (Å²) in [4.78, 5) is 22.4. The van der Waals surface area contributed by atoms with Crippen molar-refractivity contribution in [3.63, 3.8) is 0 Å². The van der Waals surface area contributed by atoms with E-state index in [1.54, 1.807) is 0 Å². The number of nitriles is 1. The molecule has 104 valence electrons. The molecule has 1 aliphatic heterocycles. The van der Waals surface area contributed by atoms with E-state index in [1.165, 1.54) is 12.1 Å². The summed E-state index contributed by atoms with van der Waals surface area (Å²) < 4.78 is 15.6. The first kappa shape index (κ1) is 13.7. The first-order chi connectivity index (χ1) is 9.74. The van der Waals surface area contributed by atoms with E-state index < -0.39 is 0 Å². The highest BCUT2D eigenvalue weighted by Crippen LogP contribution is 2.37. The van der Waals surface area contributed by atoms with Crippen molar-refractivity contribution in [2.75, 3.05) is 19.9 Å². The van der Waals surface area contributed by atoms with E-state index in [1.807, 2.05) is 6.07 Å². The molecule has 2 rings (SSSR count). The minimum atomic E-state index is -0.366. The van der Waals surface area contributed by atoms with Gasteiger partial charge in [0.15, 0.2) is 24.4 Å². The lowest BCUT2D eigenvalue weighted by atomic mass is 10.2. The predicted molar refractivity (Wildman–Crippen MR) is 66.7 cm³/mol. The van der Waals surface area contributed by atoms with Crippen LogP contribution in [0.25, 0.3) is 0 Å². The summed E-state index contributed by atoms with van der Waals surface area (Å²) in [6.07, 6.45) is 0.847. The van der Waals surface area contributed by atoms with Crippen molar-refractivity contribution in [1.82, 2.24) is 5.32 Å². The van der Waals surface area contributed by atoms with Gasteiger partial charge in [-0.15, -0.1) is 0 Å². The number of benzene rings is 1. The van der Waals surface area contributed by atoms with Gasteiger partial charge in [0.25, 0.3) is 5.91 Å². The minimum Gasteiger partial charge on any atom is -0.483 e. The average molecular weight is 276 g/mol. The molecular weight excluding hydrogens is 264 g/mol. The highest BCUT2D eigenvalue weighted by atomic mass is 16.7. The van der Waals surface area contributed by atoms with Gasteiger partial charge >= 0.3 is 0 Å². The number of carbonyl (C=O) groups excluding carboxylic acids is 2. The molecule has 1 aromatic rings. The van der Waals surface area contributed by atoms with E-state index in [4.69, 9.17) is 19.5 Å². The molecule has 0 saturated heterocycles. The number of fused-ring (bicyclic) bond motifs is 1. The fraction of sp³-hybridized carbons (Fsp3) is 0.308. The number of rotatable bonds is 6. The monoisotopic (exact) mass is 276 g/mol. The number of nitrogens with zero attached hydrogens (tertiary/aromatic N) is 1. The van der Waals surface area contributed by atoms with Crippen LogP contribution >= 0.6 is 0 Å². The fourth-order valence-corrected chi connectivity index (χ4v) is 1.61. The number of hydrogen-bond acceptors (Lipinski definition) is 6. The van der Waals surface area contributed by atoms with Crippen LogP contribution in [0.4, 0.5) is 0 Å². The van der Waals surface area contributed by atoms with E-state index in [-0.39, 0.29) is 43.6 Å². The Hall–Kier alpha value is -2.75. The van der Waals surface area contributed by atoms with Crippen molar-refractivity contribution in [2.45, 2.75) is 6.42 Å². The van der Waals surface area contributed by atoms with Gasteiger partial charge in [-0.1, -0.05) is 0 Å². The third-order valence-corrected chi connectivity index (χ3v) is 2.55. The van der Waals surface area contributed by atoms with Gasteiger partial charge in [-0.2, -0.15) is 5.26 Å². The van der Waals surface area contributed by atoms with Crippen molar-refractivity contribution in [3.05, 3.63) is 17.7 Å². The van der Waals surface area contributed by atoms with Crippen LogP contribution in [0.2, 0.25) is 0 Å². The quantitative estimate of drug-likeness (QED) is 0.604. The van der Waals surface area contributed by atoms with Crippen molar-refractivity contribution in [3.8, 4) is 23.3 Å². The zero-order chi connectivity index (χ0) is 14.4. The van der Waals surface area contributed by atoms with Crippen LogP contribution in [0.3, 0.4) is 0 Å². The molecule has 1 heterocycles. The lowest BCUT2D eigenvalue weighted by Crippen LogP contribution is -2.29. The minimum absolute atomic E-state index is 0.0890. The van der Waals surface area contributed by atoms with Gasteiger partial charge in [-0.25, -0.2) is 0 Å². The predicted octanol–water partition coefficient (Wildman–Crippen LogP) is 0.636. The topological polar surface area (TPSA) is 97.7 Å². The maximum atomic E-state index is 11.4. The van der Waals surface area contributed by atoms with Gasteiger partial charge in [0.2, 0.25) is 6.79 Å². The van der Waals surface area contributed by atoms with Crippen molar-refractivity contribution in [2.24, 2.45) is 0 Å². The molecule has 0 atom stereocenters. The van der Waals surface area contributed by atoms with Gasteiger partial charge in [0.05, 0.1) is 18.1 Å². The van der Waals surface area contributed by atoms with Crippen LogP contribution < -0.4 is 19.5 Å². The van der Waals surface area contributed by atoms with E-state index in [0.717, 1.165) is 0 Å². The third-order valence-electron chi connectivity index (χ3n) is 2.55. The molecule has 1 aromatic carbocycles. The molecule has 0 unspecified atom stereocenters. The Bertz CT molecular complexity index is 565. The molecule has 1 aliphatic rings. The van der Waals surface area contributed by atoms with Gasteiger partial charge in [0, 0.05) is 12.6 Å². The molecule has 0 spiro atoms. The molecule has 20 heavy (non-hydrogen) atoms. The van der Waals surface area contributed by atoms with Crippen LogP contribution in [-0.2, 0) is 4.79 Å². The number of amides is 1. The molecule has 0 saturated carbocycles. The Morgan fingerprint density at radius 3 is 2.90 bits per heavy atom. The van der Waals surface area contributed by atoms with Crippen molar-refractivity contribution in [1.29, 1.82) is 5.26 Å². The van der Waals surface area contributed by atoms with Crippen LogP contribution in [-0.4, -0.2) is 32.1 Å². The lowest BCUT2D eigenvalue weighted by molar-refractivity contribution is -0.123. The van der Waals surface area contributed by atoms with Crippen LogP contribution in [0, 0.1) is 11.3 Å². The van der Waals surface area contributed by atoms with Crippen LogP contribution in [0.1, 0.15) is 16.8 Å². The Morgan fingerprint density at radius 2 is 2.20 bits per heavy atom. The first-order valence-corrected chi connectivity index (χ1v) is 5.90. The average Bonchev–Trinajstić information content (AvgIpc) is 2.91. The van der Waals surface area contributed by atoms with Crippen LogP contribution in [0.5, 0.6) is 17.2 Å². The number of carbonyl (C=O) groups is 2. The number of aldehydes is 1. The summed E-state index contributed by atoms with van der Waals surface area (Å²) in [5, 5.41) is 10.9. The Labute approximate surface area is 115 Å². The summed E-state index contributed by atoms with van der Waals surface area (Å²) in [6, 6.07) is 4.92. The fourth-order valence-electron chi connectivity index (χ4n) is 1.61. The van der Waals surface area contributed by atoms with Crippen molar-refractivity contribution < 1.29 is 23.8 Å². The Balaban J connectivity index is 1.97. The number of hydrogen-bond donors (Lipinski definition) is 1. The molecule has 7 heteroatoms. The second-order valence-corrected chi connectivity index (χ2v) is 3.91. The van der Waals surface area contributed by atoms with E-state index in [0.29, 0.717) is 17.8 Å². The SMILES string of the molecule is N#CCCNC(=O)COc1cc2c(cc1C=O)OCO2.